The molecule has 2 aromatic heterocycles. The van der Waals surface area contributed by atoms with Gasteiger partial charge in [0.1, 0.15) is 0 Å². The highest BCUT2D eigenvalue weighted by Crippen LogP contribution is 2.25. The Morgan fingerprint density at radius 2 is 2.33 bits per heavy atom. The zero-order chi connectivity index (χ0) is 10.4. The van der Waals surface area contributed by atoms with Crippen molar-refractivity contribution < 1.29 is 0 Å². The Morgan fingerprint density at radius 3 is 3.20 bits per heavy atom. The lowest BCUT2D eigenvalue weighted by Gasteiger charge is -2.21. The van der Waals surface area contributed by atoms with Crippen LogP contribution in [0.3, 0.4) is 0 Å². The fourth-order valence-electron chi connectivity index (χ4n) is 2.34. The van der Waals surface area contributed by atoms with Gasteiger partial charge in [0.25, 0.3) is 0 Å². The van der Waals surface area contributed by atoms with E-state index in [1.807, 2.05) is 6.20 Å². The summed E-state index contributed by atoms with van der Waals surface area (Å²) in [7, 11) is 2.16. The van der Waals surface area contributed by atoms with E-state index in [2.05, 4.69) is 34.9 Å². The van der Waals surface area contributed by atoms with Crippen molar-refractivity contribution >= 4 is 11.0 Å². The second-order valence-electron chi connectivity index (χ2n) is 4.48. The number of aromatic nitrogens is 2. The van der Waals surface area contributed by atoms with Crippen LogP contribution in [-0.2, 0) is 13.0 Å². The van der Waals surface area contributed by atoms with Gasteiger partial charge in [0.05, 0.1) is 11.0 Å². The first kappa shape index (κ1) is 8.92. The highest BCUT2D eigenvalue weighted by Gasteiger charge is 2.18. The Kier molecular flexibility index (Phi) is 1.83. The van der Waals surface area contributed by atoms with Crippen LogP contribution in [0.25, 0.3) is 11.0 Å². The zero-order valence-electron chi connectivity index (χ0n) is 9.17. The van der Waals surface area contributed by atoms with Crippen LogP contribution in [0, 0.1) is 6.92 Å². The van der Waals surface area contributed by atoms with Crippen molar-refractivity contribution in [1.82, 2.24) is 14.9 Å². The minimum atomic E-state index is 1.02. The SMILES string of the molecule is Cc1cnc2c3c([nH]c2c1)CN(C)CC3. The van der Waals surface area contributed by atoms with E-state index >= 15 is 0 Å². The van der Waals surface area contributed by atoms with Gasteiger partial charge in [0.15, 0.2) is 0 Å². The lowest BCUT2D eigenvalue weighted by molar-refractivity contribution is 0.310. The van der Waals surface area contributed by atoms with Gasteiger partial charge < -0.3 is 9.88 Å². The van der Waals surface area contributed by atoms with Crippen molar-refractivity contribution in [2.45, 2.75) is 19.9 Å². The van der Waals surface area contributed by atoms with E-state index in [0.29, 0.717) is 0 Å². The number of nitrogens with one attached hydrogen (secondary N) is 1. The van der Waals surface area contributed by atoms with Crippen LogP contribution in [0.2, 0.25) is 0 Å². The lowest BCUT2D eigenvalue weighted by atomic mass is 10.1. The van der Waals surface area contributed by atoms with Crippen LogP contribution < -0.4 is 0 Å². The largest absolute Gasteiger partial charge is 0.356 e. The van der Waals surface area contributed by atoms with Gasteiger partial charge in [-0.2, -0.15) is 0 Å². The second kappa shape index (κ2) is 3.07. The van der Waals surface area contributed by atoms with Crippen molar-refractivity contribution in [2.75, 3.05) is 13.6 Å². The fraction of sp³-hybridized carbons (Fsp3) is 0.417. The Morgan fingerprint density at radius 1 is 1.47 bits per heavy atom. The first-order valence-corrected chi connectivity index (χ1v) is 5.38. The quantitative estimate of drug-likeness (QED) is 0.705. The number of likely N-dealkylation sites (N-methyl/N-ethyl adjacent to an activating group) is 1. The van der Waals surface area contributed by atoms with Gasteiger partial charge in [-0.05, 0) is 32.0 Å². The Bertz CT molecular complexity index is 513. The van der Waals surface area contributed by atoms with E-state index in [1.54, 1.807) is 0 Å². The molecule has 2 aromatic rings. The van der Waals surface area contributed by atoms with Crippen LogP contribution in [0.15, 0.2) is 12.3 Å². The third kappa shape index (κ3) is 1.35. The van der Waals surface area contributed by atoms with Crippen LogP contribution in [0.5, 0.6) is 0 Å². The third-order valence-electron chi connectivity index (χ3n) is 3.13. The molecule has 0 atom stereocenters. The monoisotopic (exact) mass is 201 g/mol. The molecule has 78 valence electrons. The van der Waals surface area contributed by atoms with Crippen LogP contribution in [-0.4, -0.2) is 28.5 Å². The first-order valence-electron chi connectivity index (χ1n) is 5.38. The summed E-state index contributed by atoms with van der Waals surface area (Å²) in [5.74, 6) is 0. The molecular weight excluding hydrogens is 186 g/mol. The highest BCUT2D eigenvalue weighted by molar-refractivity contribution is 5.81. The Labute approximate surface area is 89.1 Å². The van der Waals surface area contributed by atoms with Crippen molar-refractivity contribution in [3.8, 4) is 0 Å². The molecule has 0 spiro atoms. The Balaban J connectivity index is 2.23. The molecular formula is C12H15N3. The van der Waals surface area contributed by atoms with Gasteiger partial charge in [-0.25, -0.2) is 0 Å². The van der Waals surface area contributed by atoms with E-state index in [4.69, 9.17) is 0 Å². The Hall–Kier alpha value is -1.35. The number of aromatic amines is 1. The summed E-state index contributed by atoms with van der Waals surface area (Å²) < 4.78 is 0. The lowest BCUT2D eigenvalue weighted by Crippen LogP contribution is -2.26. The van der Waals surface area contributed by atoms with Crippen LogP contribution >= 0.6 is 0 Å². The number of hydrogen-bond acceptors (Lipinski definition) is 2. The molecule has 0 bridgehead atoms. The first-order chi connectivity index (χ1) is 7.24. The molecule has 0 amide bonds. The maximum absolute atomic E-state index is 4.53. The van der Waals surface area contributed by atoms with Crippen molar-refractivity contribution in [3.63, 3.8) is 0 Å². The zero-order valence-corrected chi connectivity index (χ0v) is 9.17. The van der Waals surface area contributed by atoms with Gasteiger partial charge in [0, 0.05) is 30.5 Å². The average molecular weight is 201 g/mol. The van der Waals surface area contributed by atoms with Crippen molar-refractivity contribution in [3.05, 3.63) is 29.1 Å². The normalized spacial score (nSPS) is 16.9. The molecule has 3 heterocycles. The molecule has 0 aliphatic carbocycles. The number of aryl methyl sites for hydroxylation is 1. The van der Waals surface area contributed by atoms with E-state index in [9.17, 15) is 0 Å². The van der Waals surface area contributed by atoms with E-state index < -0.39 is 0 Å². The average Bonchev–Trinajstić information content (AvgIpc) is 2.53. The molecule has 0 aromatic carbocycles. The van der Waals surface area contributed by atoms with E-state index in [1.165, 1.54) is 27.9 Å². The fourth-order valence-corrected chi connectivity index (χ4v) is 2.34. The molecule has 0 saturated heterocycles. The predicted octanol–water partition coefficient (Wildman–Crippen LogP) is 1.86. The van der Waals surface area contributed by atoms with Gasteiger partial charge in [-0.3, -0.25) is 4.98 Å². The summed E-state index contributed by atoms with van der Waals surface area (Å²) in [6.45, 7) is 4.23. The smallest absolute Gasteiger partial charge is 0.0914 e. The number of rotatable bonds is 0. The molecule has 3 heteroatoms. The minimum absolute atomic E-state index is 1.02. The number of fused-ring (bicyclic) bond motifs is 3. The summed E-state index contributed by atoms with van der Waals surface area (Å²) in [6, 6.07) is 2.18. The van der Waals surface area contributed by atoms with Crippen LogP contribution in [0.1, 0.15) is 16.8 Å². The van der Waals surface area contributed by atoms with Crippen LogP contribution in [0.4, 0.5) is 0 Å². The number of hydrogen-bond donors (Lipinski definition) is 1. The maximum atomic E-state index is 4.53. The predicted molar refractivity (Wildman–Crippen MR) is 60.9 cm³/mol. The molecule has 1 aliphatic rings. The van der Waals surface area contributed by atoms with Gasteiger partial charge in [-0.15, -0.1) is 0 Å². The summed E-state index contributed by atoms with van der Waals surface area (Å²) in [6.07, 6.45) is 3.07. The molecule has 15 heavy (non-hydrogen) atoms. The third-order valence-corrected chi connectivity index (χ3v) is 3.13. The molecule has 1 aliphatic heterocycles. The molecule has 3 nitrogen and oxygen atoms in total. The van der Waals surface area contributed by atoms with Crippen molar-refractivity contribution in [2.24, 2.45) is 0 Å². The molecule has 0 radical (unpaired) electrons. The molecule has 0 fully saturated rings. The number of pyridine rings is 1. The summed E-state index contributed by atoms with van der Waals surface area (Å²) in [4.78, 5) is 10.4. The van der Waals surface area contributed by atoms with E-state index in [0.717, 1.165) is 19.5 Å². The number of H-pyrrole nitrogens is 1. The van der Waals surface area contributed by atoms with Crippen molar-refractivity contribution in [1.29, 1.82) is 0 Å². The van der Waals surface area contributed by atoms with Gasteiger partial charge in [0.2, 0.25) is 0 Å². The minimum Gasteiger partial charge on any atom is -0.356 e. The number of nitrogens with zero attached hydrogens (tertiary/aromatic N) is 2. The molecule has 0 unspecified atom stereocenters. The second-order valence-corrected chi connectivity index (χ2v) is 4.48. The maximum Gasteiger partial charge on any atom is 0.0914 e. The van der Waals surface area contributed by atoms with E-state index in [-0.39, 0.29) is 0 Å². The highest BCUT2D eigenvalue weighted by atomic mass is 15.1. The topological polar surface area (TPSA) is 31.9 Å². The summed E-state index contributed by atoms with van der Waals surface area (Å²) in [5.41, 5.74) is 6.34. The molecule has 3 rings (SSSR count). The van der Waals surface area contributed by atoms with Gasteiger partial charge >= 0.3 is 0 Å². The molecule has 0 saturated carbocycles. The standard InChI is InChI=1S/C12H15N3/c1-8-5-10-12(13-6-8)9-3-4-15(2)7-11(9)14-10/h5-6,14H,3-4,7H2,1-2H3. The van der Waals surface area contributed by atoms with Gasteiger partial charge in [-0.1, -0.05) is 0 Å². The summed E-state index contributed by atoms with van der Waals surface area (Å²) >= 11 is 0. The molecule has 1 N–H and O–H groups in total. The summed E-state index contributed by atoms with van der Waals surface area (Å²) in [5, 5.41) is 0.